The van der Waals surface area contributed by atoms with Crippen LogP contribution in [0.5, 0.6) is 0 Å². The SMILES string of the molecule is CCCCC[CH]NC=O. The zero-order chi connectivity index (χ0) is 6.95. The first kappa shape index (κ1) is 8.47. The predicted molar refractivity (Wildman–Crippen MR) is 37.6 cm³/mol. The summed E-state index contributed by atoms with van der Waals surface area (Å²) in [5.74, 6) is 0. The van der Waals surface area contributed by atoms with E-state index in [1.165, 1.54) is 19.3 Å². The largest absolute Gasteiger partial charge is 0.354 e. The third kappa shape index (κ3) is 7.47. The average molecular weight is 128 g/mol. The molecule has 1 N–H and O–H groups in total. The van der Waals surface area contributed by atoms with Crippen LogP contribution in [-0.4, -0.2) is 6.41 Å². The van der Waals surface area contributed by atoms with Crippen molar-refractivity contribution in [2.75, 3.05) is 0 Å². The molecule has 1 radical (unpaired) electrons. The summed E-state index contributed by atoms with van der Waals surface area (Å²) < 4.78 is 0. The Morgan fingerprint density at radius 2 is 2.22 bits per heavy atom. The van der Waals surface area contributed by atoms with Gasteiger partial charge in [0.2, 0.25) is 6.41 Å². The van der Waals surface area contributed by atoms with Gasteiger partial charge in [0.15, 0.2) is 0 Å². The van der Waals surface area contributed by atoms with Crippen LogP contribution in [-0.2, 0) is 4.79 Å². The van der Waals surface area contributed by atoms with Crippen LogP contribution >= 0.6 is 0 Å². The van der Waals surface area contributed by atoms with Gasteiger partial charge in [-0.05, 0) is 6.42 Å². The highest BCUT2D eigenvalue weighted by Crippen LogP contribution is 1.98. The zero-order valence-electron chi connectivity index (χ0n) is 5.89. The van der Waals surface area contributed by atoms with E-state index in [1.54, 1.807) is 6.54 Å². The third-order valence-corrected chi connectivity index (χ3v) is 1.14. The molecular formula is C7H14NO. The number of amides is 1. The van der Waals surface area contributed by atoms with Crippen molar-refractivity contribution in [2.24, 2.45) is 0 Å². The van der Waals surface area contributed by atoms with Crippen molar-refractivity contribution < 1.29 is 4.79 Å². The molecule has 0 aliphatic carbocycles. The molecule has 0 aromatic rings. The van der Waals surface area contributed by atoms with Crippen LogP contribution in [0.4, 0.5) is 0 Å². The first-order valence-electron chi connectivity index (χ1n) is 3.43. The van der Waals surface area contributed by atoms with E-state index < -0.39 is 0 Å². The van der Waals surface area contributed by atoms with Crippen molar-refractivity contribution in [1.82, 2.24) is 5.32 Å². The van der Waals surface area contributed by atoms with Crippen molar-refractivity contribution in [3.05, 3.63) is 6.54 Å². The van der Waals surface area contributed by atoms with Gasteiger partial charge in [-0.3, -0.25) is 4.79 Å². The monoisotopic (exact) mass is 128 g/mol. The Kier molecular flexibility index (Phi) is 7.03. The molecule has 0 aliphatic heterocycles. The quantitative estimate of drug-likeness (QED) is 0.426. The molecule has 0 aromatic carbocycles. The van der Waals surface area contributed by atoms with E-state index in [-0.39, 0.29) is 0 Å². The summed E-state index contributed by atoms with van der Waals surface area (Å²) >= 11 is 0. The van der Waals surface area contributed by atoms with Crippen LogP contribution in [0.2, 0.25) is 0 Å². The predicted octanol–water partition coefficient (Wildman–Crippen LogP) is 1.47. The fourth-order valence-electron chi connectivity index (χ4n) is 0.628. The molecule has 53 valence electrons. The van der Waals surface area contributed by atoms with E-state index in [4.69, 9.17) is 0 Å². The highest BCUT2D eigenvalue weighted by Gasteiger charge is 1.84. The minimum Gasteiger partial charge on any atom is -0.354 e. The summed E-state index contributed by atoms with van der Waals surface area (Å²) in [5.41, 5.74) is 0. The Hall–Kier alpha value is -0.530. The molecule has 0 fully saturated rings. The van der Waals surface area contributed by atoms with E-state index in [0.717, 1.165) is 6.42 Å². The van der Waals surface area contributed by atoms with Gasteiger partial charge in [-0.1, -0.05) is 26.2 Å². The topological polar surface area (TPSA) is 29.1 Å². The van der Waals surface area contributed by atoms with E-state index in [0.29, 0.717) is 6.41 Å². The normalized spacial score (nSPS) is 9.00. The molecule has 0 bridgehead atoms. The fourth-order valence-corrected chi connectivity index (χ4v) is 0.628. The van der Waals surface area contributed by atoms with Crippen molar-refractivity contribution >= 4 is 6.41 Å². The Morgan fingerprint density at radius 3 is 2.78 bits per heavy atom. The van der Waals surface area contributed by atoms with Crippen LogP contribution in [0.25, 0.3) is 0 Å². The number of hydrogen-bond acceptors (Lipinski definition) is 1. The molecule has 0 heterocycles. The Morgan fingerprint density at radius 1 is 1.44 bits per heavy atom. The Bertz CT molecular complexity index is 63.9. The number of carbonyl (C=O) groups is 1. The van der Waals surface area contributed by atoms with Gasteiger partial charge in [-0.25, -0.2) is 0 Å². The summed E-state index contributed by atoms with van der Waals surface area (Å²) in [5, 5.41) is 2.50. The van der Waals surface area contributed by atoms with Crippen molar-refractivity contribution in [2.45, 2.75) is 32.6 Å². The van der Waals surface area contributed by atoms with Crippen molar-refractivity contribution in [3.63, 3.8) is 0 Å². The lowest BCUT2D eigenvalue weighted by molar-refractivity contribution is -0.109. The molecule has 0 spiro atoms. The highest BCUT2D eigenvalue weighted by atomic mass is 16.1. The first-order chi connectivity index (χ1) is 4.41. The summed E-state index contributed by atoms with van der Waals surface area (Å²) in [6.45, 7) is 3.95. The van der Waals surface area contributed by atoms with Gasteiger partial charge in [0.05, 0.1) is 0 Å². The third-order valence-electron chi connectivity index (χ3n) is 1.14. The van der Waals surface area contributed by atoms with Crippen LogP contribution in [0.15, 0.2) is 0 Å². The number of carbonyl (C=O) groups excluding carboxylic acids is 1. The number of unbranched alkanes of at least 4 members (excludes halogenated alkanes) is 3. The summed E-state index contributed by atoms with van der Waals surface area (Å²) in [4.78, 5) is 9.70. The molecule has 0 aliphatic rings. The molecule has 2 heteroatoms. The molecule has 1 amide bonds. The van der Waals surface area contributed by atoms with Crippen LogP contribution in [0.3, 0.4) is 0 Å². The summed E-state index contributed by atoms with van der Waals surface area (Å²) in [7, 11) is 0. The van der Waals surface area contributed by atoms with Crippen LogP contribution in [0, 0.1) is 6.54 Å². The van der Waals surface area contributed by atoms with Crippen LogP contribution < -0.4 is 5.32 Å². The second kappa shape index (κ2) is 7.47. The number of hydrogen-bond donors (Lipinski definition) is 1. The molecule has 0 saturated heterocycles. The molecule has 2 nitrogen and oxygen atoms in total. The van der Waals surface area contributed by atoms with E-state index in [1.807, 2.05) is 0 Å². The van der Waals surface area contributed by atoms with Gasteiger partial charge >= 0.3 is 0 Å². The van der Waals surface area contributed by atoms with Gasteiger partial charge < -0.3 is 5.32 Å². The van der Waals surface area contributed by atoms with Gasteiger partial charge in [0.25, 0.3) is 0 Å². The minimum atomic E-state index is 0.700. The molecule has 0 aromatic heterocycles. The smallest absolute Gasteiger partial charge is 0.207 e. The molecular weight excluding hydrogens is 114 g/mol. The maximum Gasteiger partial charge on any atom is 0.207 e. The Balaban J connectivity index is 2.66. The zero-order valence-corrected chi connectivity index (χ0v) is 5.89. The van der Waals surface area contributed by atoms with Gasteiger partial charge in [0, 0.05) is 6.54 Å². The molecule has 0 unspecified atom stereocenters. The van der Waals surface area contributed by atoms with E-state index in [9.17, 15) is 4.79 Å². The second-order valence-electron chi connectivity index (χ2n) is 1.98. The van der Waals surface area contributed by atoms with E-state index in [2.05, 4.69) is 12.2 Å². The Labute approximate surface area is 56.6 Å². The van der Waals surface area contributed by atoms with Crippen molar-refractivity contribution in [3.8, 4) is 0 Å². The lowest BCUT2D eigenvalue weighted by atomic mass is 10.2. The molecule has 9 heavy (non-hydrogen) atoms. The molecule has 0 atom stereocenters. The van der Waals surface area contributed by atoms with Crippen molar-refractivity contribution in [1.29, 1.82) is 0 Å². The lowest BCUT2D eigenvalue weighted by Crippen LogP contribution is -2.05. The van der Waals surface area contributed by atoms with Gasteiger partial charge in [-0.15, -0.1) is 0 Å². The maximum absolute atomic E-state index is 9.70. The highest BCUT2D eigenvalue weighted by molar-refractivity contribution is 5.46. The second-order valence-corrected chi connectivity index (χ2v) is 1.98. The fraction of sp³-hybridized carbons (Fsp3) is 0.714. The molecule has 0 saturated carbocycles. The van der Waals surface area contributed by atoms with Gasteiger partial charge in [-0.2, -0.15) is 0 Å². The molecule has 0 rings (SSSR count). The number of rotatable bonds is 6. The summed E-state index contributed by atoms with van der Waals surface area (Å²) in [6.07, 6.45) is 5.35. The average Bonchev–Trinajstić information content (AvgIpc) is 1.89. The van der Waals surface area contributed by atoms with E-state index >= 15 is 0 Å². The minimum absolute atomic E-state index is 0.700. The standard InChI is InChI=1S/C7H14NO/c1-2-3-4-5-6-8-7-9/h6-7H,2-5H2,1H3,(H,8,9). The lowest BCUT2D eigenvalue weighted by Gasteiger charge is -1.95. The summed E-state index contributed by atoms with van der Waals surface area (Å²) in [6, 6.07) is 0. The van der Waals surface area contributed by atoms with Crippen LogP contribution in [0.1, 0.15) is 32.6 Å². The van der Waals surface area contributed by atoms with Gasteiger partial charge in [0.1, 0.15) is 0 Å². The maximum atomic E-state index is 9.70. The first-order valence-corrected chi connectivity index (χ1v) is 3.43. The number of nitrogens with one attached hydrogen (secondary N) is 1.